The Hall–Kier alpha value is -5.97. The number of nitrogens with zero attached hydrogens (tertiary/aromatic N) is 2. The van der Waals surface area contributed by atoms with E-state index < -0.39 is 0 Å². The van der Waals surface area contributed by atoms with Gasteiger partial charge in [-0.1, -0.05) is 140 Å². The second-order valence-electron chi connectivity index (χ2n) is 13.3. The molecular weight excluding hydrogens is 651 g/mol. The third-order valence-electron chi connectivity index (χ3n) is 10.2. The van der Waals surface area contributed by atoms with Gasteiger partial charge in [-0.05, 0) is 98.5 Å². The molecule has 4 heteroatoms. The molecule has 1 aliphatic heterocycles. The molecule has 0 fully saturated rings. The van der Waals surface area contributed by atoms with Crippen molar-refractivity contribution in [1.82, 2.24) is 10.3 Å². The lowest BCUT2D eigenvalue weighted by molar-refractivity contribution is 0.799. The first-order valence-corrected chi connectivity index (χ1v) is 18.8. The minimum absolute atomic E-state index is 0.414. The fourth-order valence-electron chi connectivity index (χ4n) is 7.72. The van der Waals surface area contributed by atoms with Gasteiger partial charge in [-0.2, -0.15) is 0 Å². The molecule has 0 amide bonds. The van der Waals surface area contributed by atoms with Crippen LogP contribution >= 0.6 is 11.8 Å². The van der Waals surface area contributed by atoms with Gasteiger partial charge in [-0.3, -0.25) is 9.98 Å². The second-order valence-corrected chi connectivity index (χ2v) is 14.4. The van der Waals surface area contributed by atoms with E-state index in [4.69, 9.17) is 4.99 Å². The van der Waals surface area contributed by atoms with Crippen molar-refractivity contribution in [2.75, 3.05) is 6.67 Å². The molecule has 2 heterocycles. The molecule has 1 atom stereocenters. The molecule has 1 aromatic heterocycles. The number of aliphatic imine (C=N–C) groups is 1. The molecule has 3 nitrogen and oxygen atoms in total. The van der Waals surface area contributed by atoms with Crippen LogP contribution in [0, 0.1) is 0 Å². The molecule has 0 saturated carbocycles. The van der Waals surface area contributed by atoms with Gasteiger partial charge in [0, 0.05) is 44.9 Å². The highest BCUT2D eigenvalue weighted by atomic mass is 32.2. The Morgan fingerprint density at radius 1 is 0.596 bits per heavy atom. The Bertz CT molecular complexity index is 2470. The van der Waals surface area contributed by atoms with Crippen LogP contribution in [0.2, 0.25) is 0 Å². The topological polar surface area (TPSA) is 37.3 Å². The van der Waals surface area contributed by atoms with Crippen molar-refractivity contribution in [3.05, 3.63) is 192 Å². The maximum atomic E-state index is 4.76. The smallest absolute Gasteiger partial charge is 0.108 e. The van der Waals surface area contributed by atoms with Crippen LogP contribution < -0.4 is 5.32 Å². The maximum absolute atomic E-state index is 4.76. The van der Waals surface area contributed by atoms with Gasteiger partial charge >= 0.3 is 0 Å². The molecule has 0 radical (unpaired) electrons. The van der Waals surface area contributed by atoms with Crippen LogP contribution in [0.15, 0.2) is 185 Å². The number of fused-ring (bicyclic) bond motifs is 3. The number of aromatic nitrogens is 1. The first-order chi connectivity index (χ1) is 25.7. The third kappa shape index (κ3) is 6.06. The van der Waals surface area contributed by atoms with Gasteiger partial charge in [0.25, 0.3) is 0 Å². The molecule has 1 N–H and O–H groups in total. The van der Waals surface area contributed by atoms with Crippen LogP contribution in [-0.2, 0) is 0 Å². The third-order valence-corrected chi connectivity index (χ3v) is 11.2. The summed E-state index contributed by atoms with van der Waals surface area (Å²) in [5.41, 5.74) is 17.2. The summed E-state index contributed by atoms with van der Waals surface area (Å²) >= 11 is 1.79. The Balaban J connectivity index is 1.08. The highest BCUT2D eigenvalue weighted by Crippen LogP contribution is 2.50. The number of nitrogens with one attached hydrogen (secondary N) is 1. The largest absolute Gasteiger partial charge is 0.366 e. The summed E-state index contributed by atoms with van der Waals surface area (Å²) < 4.78 is 0. The van der Waals surface area contributed by atoms with E-state index in [2.05, 4.69) is 163 Å². The molecule has 7 aromatic rings. The molecule has 0 spiro atoms. The highest BCUT2D eigenvalue weighted by Gasteiger charge is 2.29. The van der Waals surface area contributed by atoms with Crippen molar-refractivity contribution in [2.45, 2.75) is 29.1 Å². The van der Waals surface area contributed by atoms with Crippen molar-refractivity contribution in [1.29, 1.82) is 0 Å². The van der Waals surface area contributed by atoms with Crippen molar-refractivity contribution in [2.24, 2.45) is 4.99 Å². The molecule has 1 aliphatic carbocycles. The van der Waals surface area contributed by atoms with Crippen molar-refractivity contribution >= 4 is 23.2 Å². The minimum Gasteiger partial charge on any atom is -0.366 e. The number of rotatable bonds is 8. The first kappa shape index (κ1) is 32.0. The highest BCUT2D eigenvalue weighted by molar-refractivity contribution is 7.99. The van der Waals surface area contributed by atoms with Crippen LogP contribution in [0.25, 0.3) is 50.2 Å². The van der Waals surface area contributed by atoms with Crippen LogP contribution in [0.5, 0.6) is 0 Å². The van der Waals surface area contributed by atoms with Crippen LogP contribution in [0.1, 0.15) is 41.5 Å². The molecule has 0 saturated heterocycles. The molecule has 0 bridgehead atoms. The zero-order valence-electron chi connectivity index (χ0n) is 29.0. The van der Waals surface area contributed by atoms with Gasteiger partial charge in [-0.25, -0.2) is 0 Å². The Morgan fingerprint density at radius 3 is 2.10 bits per heavy atom. The van der Waals surface area contributed by atoms with Crippen molar-refractivity contribution < 1.29 is 0 Å². The van der Waals surface area contributed by atoms with Crippen LogP contribution in [0.3, 0.4) is 0 Å². The Labute approximate surface area is 309 Å². The molecule has 6 aromatic carbocycles. The predicted octanol–water partition coefficient (Wildman–Crippen LogP) is 12.1. The van der Waals surface area contributed by atoms with Gasteiger partial charge < -0.3 is 5.32 Å². The van der Waals surface area contributed by atoms with E-state index in [-0.39, 0.29) is 0 Å². The Kier molecular flexibility index (Phi) is 8.59. The molecule has 1 unspecified atom stereocenters. The molecule has 2 aliphatic rings. The lowest BCUT2D eigenvalue weighted by atomic mass is 9.87. The lowest BCUT2D eigenvalue weighted by Crippen LogP contribution is -2.20. The van der Waals surface area contributed by atoms with Gasteiger partial charge in [-0.15, -0.1) is 0 Å². The molecular formula is C48H37N3S. The standard InChI is InChI=1S/C48H37N3S/c1-2-39-41-15-6-7-16-42(41)43-19-10-18-40(48(39)43)33-23-21-32(22-24-33)36-26-37(35-14-11-25-49-30-35)28-38(27-36)52-47-20-9-8-17-44(47)46-29-45(50-31-51-46)34-12-4-3-5-13-34/h3-30,39,51H,2,31H2,1H3. The number of hydrogen-bond donors (Lipinski definition) is 1. The summed E-state index contributed by atoms with van der Waals surface area (Å²) in [6, 6.07) is 54.9. The van der Waals surface area contributed by atoms with Gasteiger partial charge in [0.05, 0.1) is 5.71 Å². The van der Waals surface area contributed by atoms with Crippen LogP contribution in [0.4, 0.5) is 0 Å². The quantitative estimate of drug-likeness (QED) is 0.173. The number of pyridine rings is 1. The maximum Gasteiger partial charge on any atom is 0.108 e. The van der Waals surface area contributed by atoms with Crippen molar-refractivity contribution in [3.8, 4) is 44.5 Å². The second kappa shape index (κ2) is 14.0. The SMILES string of the molecule is CCC1c2ccccc2-c2cccc(-c3ccc(-c4cc(Sc5ccccc5C5=CC(c6ccccc6)=NCN5)cc(-c5cccnc5)c4)cc3)c21. The van der Waals surface area contributed by atoms with Gasteiger partial charge in [0.2, 0.25) is 0 Å². The fourth-order valence-corrected chi connectivity index (χ4v) is 8.79. The summed E-state index contributed by atoms with van der Waals surface area (Å²) in [5.74, 6) is 0.414. The summed E-state index contributed by atoms with van der Waals surface area (Å²) in [4.78, 5) is 11.6. The summed E-state index contributed by atoms with van der Waals surface area (Å²) in [5, 5.41) is 3.53. The van der Waals surface area contributed by atoms with Gasteiger partial charge in [0.15, 0.2) is 0 Å². The summed E-state index contributed by atoms with van der Waals surface area (Å²) in [7, 11) is 0. The molecule has 9 rings (SSSR count). The van der Waals surface area contributed by atoms with E-state index >= 15 is 0 Å². The zero-order valence-corrected chi connectivity index (χ0v) is 29.8. The predicted molar refractivity (Wildman–Crippen MR) is 218 cm³/mol. The van der Waals surface area contributed by atoms with E-state index in [0.29, 0.717) is 12.6 Å². The van der Waals surface area contributed by atoms with E-state index in [1.54, 1.807) is 11.8 Å². The fraction of sp³-hybridized carbons (Fsp3) is 0.0833. The first-order valence-electron chi connectivity index (χ1n) is 17.9. The molecule has 52 heavy (non-hydrogen) atoms. The summed E-state index contributed by atoms with van der Waals surface area (Å²) in [6.07, 6.45) is 7.03. The minimum atomic E-state index is 0.414. The van der Waals surface area contributed by atoms with E-state index in [0.717, 1.165) is 40.1 Å². The van der Waals surface area contributed by atoms with E-state index in [1.165, 1.54) is 54.3 Å². The average molecular weight is 688 g/mol. The zero-order chi connectivity index (χ0) is 34.9. The number of allylic oxidation sites excluding steroid dienone is 1. The monoisotopic (exact) mass is 687 g/mol. The molecule has 250 valence electrons. The van der Waals surface area contributed by atoms with Crippen LogP contribution in [-0.4, -0.2) is 17.4 Å². The summed E-state index contributed by atoms with van der Waals surface area (Å²) in [6.45, 7) is 2.85. The van der Waals surface area contributed by atoms with E-state index in [1.807, 2.05) is 24.5 Å². The normalized spacial score (nSPS) is 14.5. The number of hydrogen-bond acceptors (Lipinski definition) is 4. The van der Waals surface area contributed by atoms with Crippen molar-refractivity contribution in [3.63, 3.8) is 0 Å². The van der Waals surface area contributed by atoms with Gasteiger partial charge in [0.1, 0.15) is 6.67 Å². The number of benzene rings is 6. The Morgan fingerprint density at radius 2 is 1.29 bits per heavy atom. The lowest BCUT2D eigenvalue weighted by Gasteiger charge is -2.19. The average Bonchev–Trinajstić information content (AvgIpc) is 3.55. The van der Waals surface area contributed by atoms with E-state index in [9.17, 15) is 0 Å².